The van der Waals surface area contributed by atoms with Crippen LogP contribution in [0.5, 0.6) is 0 Å². The Kier molecular flexibility index (Phi) is 5.62. The van der Waals surface area contributed by atoms with Gasteiger partial charge in [0.25, 0.3) is 5.91 Å². The maximum absolute atomic E-state index is 11.9. The van der Waals surface area contributed by atoms with E-state index < -0.39 is 0 Å². The monoisotopic (exact) mass is 323 g/mol. The van der Waals surface area contributed by atoms with E-state index in [1.807, 2.05) is 36.5 Å². The van der Waals surface area contributed by atoms with Gasteiger partial charge in [0.15, 0.2) is 6.54 Å². The van der Waals surface area contributed by atoms with Gasteiger partial charge in [0.05, 0.1) is 0 Å². The number of rotatable bonds is 5. The Hall–Kier alpha value is -1.55. The number of nitrogens with two attached hydrogens (primary N) is 1. The molecule has 0 heterocycles. The lowest BCUT2D eigenvalue weighted by molar-refractivity contribution is -0.682. The Labute approximate surface area is 134 Å². The van der Waals surface area contributed by atoms with Crippen LogP contribution < -0.4 is 10.6 Å². The summed E-state index contributed by atoms with van der Waals surface area (Å²) in [5, 5.41) is 6.15. The summed E-state index contributed by atoms with van der Waals surface area (Å²) in [5.41, 5.74) is 1.77. The maximum Gasteiger partial charge on any atom is 0.279 e. The van der Waals surface area contributed by atoms with E-state index in [-0.39, 0.29) is 11.9 Å². The Balaban J connectivity index is 1.86. The first-order chi connectivity index (χ1) is 10.1. The number of hydrogen-bond acceptors (Lipinski definition) is 1. The van der Waals surface area contributed by atoms with Gasteiger partial charge in [-0.25, -0.2) is 0 Å². The fourth-order valence-electron chi connectivity index (χ4n) is 2.00. The van der Waals surface area contributed by atoms with Crippen molar-refractivity contribution in [3.05, 3.63) is 64.1 Å². The zero-order valence-corrected chi connectivity index (χ0v) is 13.2. The minimum atomic E-state index is -0.0590. The average Bonchev–Trinajstić information content (AvgIpc) is 2.48. The molecule has 2 aromatic rings. The molecule has 1 amide bonds. The van der Waals surface area contributed by atoms with E-state index in [9.17, 15) is 4.79 Å². The maximum atomic E-state index is 11.9. The zero-order chi connectivity index (χ0) is 15.2. The quantitative estimate of drug-likeness (QED) is 0.871. The minimum absolute atomic E-state index is 0.0590. The molecule has 3 N–H and O–H groups in total. The highest BCUT2D eigenvalue weighted by atomic mass is 35.5. The Morgan fingerprint density at radius 2 is 1.81 bits per heavy atom. The van der Waals surface area contributed by atoms with Crippen LogP contribution in [0.1, 0.15) is 18.5 Å². The third kappa shape index (κ3) is 4.74. The molecule has 0 aliphatic carbocycles. The fourth-order valence-corrected chi connectivity index (χ4v) is 2.43. The highest BCUT2D eigenvalue weighted by Gasteiger charge is 2.14. The highest BCUT2D eigenvalue weighted by molar-refractivity contribution is 6.31. The predicted octanol–water partition coefficient (Wildman–Crippen LogP) is 3.26. The summed E-state index contributed by atoms with van der Waals surface area (Å²) >= 11 is 11.9. The van der Waals surface area contributed by atoms with Crippen molar-refractivity contribution >= 4 is 34.8 Å². The van der Waals surface area contributed by atoms with Crippen LogP contribution in [-0.2, 0) is 4.79 Å². The van der Waals surface area contributed by atoms with Gasteiger partial charge < -0.3 is 10.6 Å². The van der Waals surface area contributed by atoms with Crippen LogP contribution in [-0.4, -0.2) is 12.5 Å². The molecule has 0 saturated heterocycles. The number of quaternary nitrogens is 1. The van der Waals surface area contributed by atoms with Gasteiger partial charge in [-0.15, -0.1) is 0 Å². The van der Waals surface area contributed by atoms with Crippen molar-refractivity contribution in [3.8, 4) is 0 Å². The highest BCUT2D eigenvalue weighted by Crippen LogP contribution is 2.19. The second kappa shape index (κ2) is 7.46. The Bertz CT molecular complexity index is 614. The van der Waals surface area contributed by atoms with Gasteiger partial charge in [0.1, 0.15) is 6.04 Å². The summed E-state index contributed by atoms with van der Waals surface area (Å²) in [6.45, 7) is 2.35. The molecule has 0 saturated carbocycles. The first kappa shape index (κ1) is 15.8. The molecular formula is C16H17Cl2N2O+. The zero-order valence-electron chi connectivity index (χ0n) is 11.6. The summed E-state index contributed by atoms with van der Waals surface area (Å²) < 4.78 is 0. The van der Waals surface area contributed by atoms with Crippen LogP contribution in [0.15, 0.2) is 48.5 Å². The summed E-state index contributed by atoms with van der Waals surface area (Å²) in [6.07, 6.45) is 0. The Morgan fingerprint density at radius 3 is 2.48 bits per heavy atom. The molecule has 0 unspecified atom stereocenters. The first-order valence-electron chi connectivity index (χ1n) is 6.69. The standard InChI is InChI=1S/C16H16Cl2N2O/c1-11(14-4-2-3-5-15(14)18)19-10-16(21)20-13-8-6-12(17)7-9-13/h2-9,11,19H,10H2,1H3,(H,20,21)/p+1/t11-/m0/s1. The van der Waals surface area contributed by atoms with Crippen LogP contribution in [0.4, 0.5) is 5.69 Å². The molecule has 0 aliphatic heterocycles. The van der Waals surface area contributed by atoms with Gasteiger partial charge in [0.2, 0.25) is 0 Å². The smallest absolute Gasteiger partial charge is 0.279 e. The third-order valence-electron chi connectivity index (χ3n) is 3.18. The van der Waals surface area contributed by atoms with E-state index >= 15 is 0 Å². The third-order valence-corrected chi connectivity index (χ3v) is 3.78. The molecule has 2 rings (SSSR count). The molecule has 2 aromatic carbocycles. The second-order valence-corrected chi connectivity index (χ2v) is 5.65. The van der Waals surface area contributed by atoms with Gasteiger partial charge in [-0.1, -0.05) is 41.4 Å². The fraction of sp³-hybridized carbons (Fsp3) is 0.188. The number of benzene rings is 2. The number of carbonyl (C=O) groups excluding carboxylic acids is 1. The SMILES string of the molecule is C[C@H]([NH2+]CC(=O)Nc1ccc(Cl)cc1)c1ccccc1Cl. The lowest BCUT2D eigenvalue weighted by Gasteiger charge is -2.12. The summed E-state index contributed by atoms with van der Waals surface area (Å²) in [6, 6.07) is 14.8. The van der Waals surface area contributed by atoms with Crippen molar-refractivity contribution in [2.75, 3.05) is 11.9 Å². The minimum Gasteiger partial charge on any atom is -0.332 e. The van der Waals surface area contributed by atoms with Crippen LogP contribution in [0, 0.1) is 0 Å². The van der Waals surface area contributed by atoms with Crippen LogP contribution in [0.25, 0.3) is 0 Å². The molecule has 3 nitrogen and oxygen atoms in total. The number of hydrogen-bond donors (Lipinski definition) is 2. The molecule has 0 bridgehead atoms. The number of anilines is 1. The lowest BCUT2D eigenvalue weighted by Crippen LogP contribution is -2.86. The van der Waals surface area contributed by atoms with Gasteiger partial charge in [0, 0.05) is 21.3 Å². The van der Waals surface area contributed by atoms with Crippen molar-refractivity contribution in [2.24, 2.45) is 0 Å². The molecule has 21 heavy (non-hydrogen) atoms. The number of halogens is 2. The van der Waals surface area contributed by atoms with Crippen molar-refractivity contribution in [1.82, 2.24) is 0 Å². The largest absolute Gasteiger partial charge is 0.332 e. The molecule has 5 heteroatoms. The van der Waals surface area contributed by atoms with Gasteiger partial charge in [-0.2, -0.15) is 0 Å². The van der Waals surface area contributed by atoms with Crippen molar-refractivity contribution < 1.29 is 10.1 Å². The topological polar surface area (TPSA) is 45.7 Å². The molecule has 0 aliphatic rings. The van der Waals surface area contributed by atoms with E-state index in [4.69, 9.17) is 23.2 Å². The van der Waals surface area contributed by atoms with E-state index in [1.54, 1.807) is 24.3 Å². The molecule has 0 fully saturated rings. The molecule has 0 aromatic heterocycles. The summed E-state index contributed by atoms with van der Waals surface area (Å²) in [4.78, 5) is 11.9. The van der Waals surface area contributed by atoms with Gasteiger partial charge >= 0.3 is 0 Å². The van der Waals surface area contributed by atoms with E-state index in [2.05, 4.69) is 5.32 Å². The van der Waals surface area contributed by atoms with Crippen LogP contribution in [0.3, 0.4) is 0 Å². The van der Waals surface area contributed by atoms with Gasteiger partial charge in [-0.3, -0.25) is 4.79 Å². The van der Waals surface area contributed by atoms with E-state index in [0.717, 1.165) is 16.3 Å². The summed E-state index contributed by atoms with van der Waals surface area (Å²) in [7, 11) is 0. The van der Waals surface area contributed by atoms with Crippen molar-refractivity contribution in [1.29, 1.82) is 0 Å². The number of amides is 1. The van der Waals surface area contributed by atoms with Crippen molar-refractivity contribution in [3.63, 3.8) is 0 Å². The van der Waals surface area contributed by atoms with E-state index in [1.165, 1.54) is 0 Å². The molecular weight excluding hydrogens is 307 g/mol. The first-order valence-corrected chi connectivity index (χ1v) is 7.45. The molecule has 110 valence electrons. The van der Waals surface area contributed by atoms with Crippen LogP contribution >= 0.6 is 23.2 Å². The average molecular weight is 324 g/mol. The normalized spacial score (nSPS) is 12.0. The predicted molar refractivity (Wildman–Crippen MR) is 86.7 cm³/mol. The Morgan fingerprint density at radius 1 is 1.14 bits per heavy atom. The molecule has 0 radical (unpaired) electrons. The van der Waals surface area contributed by atoms with Crippen molar-refractivity contribution in [2.45, 2.75) is 13.0 Å². The van der Waals surface area contributed by atoms with Crippen LogP contribution in [0.2, 0.25) is 10.0 Å². The van der Waals surface area contributed by atoms with Gasteiger partial charge in [-0.05, 0) is 37.3 Å². The molecule has 1 atom stereocenters. The summed E-state index contributed by atoms with van der Waals surface area (Å²) in [5.74, 6) is -0.0590. The second-order valence-electron chi connectivity index (χ2n) is 4.81. The number of nitrogens with one attached hydrogen (secondary N) is 1. The lowest BCUT2D eigenvalue weighted by atomic mass is 10.1. The van der Waals surface area contributed by atoms with E-state index in [0.29, 0.717) is 11.6 Å². The molecule has 0 spiro atoms. The number of carbonyl (C=O) groups is 1.